The molecule has 0 amide bonds. The van der Waals surface area contributed by atoms with Crippen LogP contribution in [0.3, 0.4) is 0 Å². The van der Waals surface area contributed by atoms with E-state index in [1.54, 1.807) is 0 Å². The van der Waals surface area contributed by atoms with Gasteiger partial charge in [-0.2, -0.15) is 0 Å². The minimum Gasteiger partial charge on any atom is -0.261 e. The Kier molecular flexibility index (Phi) is 7.96. The molecule has 0 atom stereocenters. The molecule has 0 unspecified atom stereocenters. The van der Waals surface area contributed by atoms with Gasteiger partial charge in [-0.15, -0.1) is 0 Å². The second-order valence-electron chi connectivity index (χ2n) is 13.0. The van der Waals surface area contributed by atoms with Gasteiger partial charge in [0.25, 0.3) is 0 Å². The second-order valence-corrected chi connectivity index (χ2v) is 13.0. The van der Waals surface area contributed by atoms with Gasteiger partial charge in [0.15, 0.2) is 0 Å². The van der Waals surface area contributed by atoms with Gasteiger partial charge in [0.2, 0.25) is 0 Å². The minimum absolute atomic E-state index is 0.731. The van der Waals surface area contributed by atoms with Crippen LogP contribution in [0, 0.1) is 0 Å². The van der Waals surface area contributed by atoms with E-state index in [4.69, 9.17) is 4.98 Å². The lowest BCUT2D eigenvalue weighted by molar-refractivity contribution is 1.09. The Hall–Kier alpha value is -6.64. The molecule has 0 saturated heterocycles. The maximum atomic E-state index is 4.78. The molecule has 2 heteroatoms. The van der Waals surface area contributed by atoms with E-state index >= 15 is 0 Å². The average molecular weight is 651 g/mol. The summed E-state index contributed by atoms with van der Waals surface area (Å²) in [5.41, 5.74) is 14.0. The molecule has 0 spiro atoms. The summed E-state index contributed by atoms with van der Waals surface area (Å²) in [6.07, 6.45) is 4.48. The molecule has 0 aliphatic heterocycles. The molecule has 0 aliphatic rings. The van der Waals surface area contributed by atoms with E-state index in [0.29, 0.717) is 0 Å². The fraction of sp³-hybridized carbons (Fsp3) is 0.0204. The molecule has 51 heavy (non-hydrogen) atoms. The lowest BCUT2D eigenvalue weighted by Crippen LogP contribution is -1.97. The van der Waals surface area contributed by atoms with Crippen molar-refractivity contribution in [3.63, 3.8) is 0 Å². The summed E-state index contributed by atoms with van der Waals surface area (Å²) >= 11 is 0. The fourth-order valence-corrected chi connectivity index (χ4v) is 7.39. The Balaban J connectivity index is 1.31. The molecule has 2 nitrogen and oxygen atoms in total. The Bertz CT molecular complexity index is 2570. The number of hydrogen-bond acceptors (Lipinski definition) is 2. The van der Waals surface area contributed by atoms with Crippen LogP contribution in [-0.4, -0.2) is 9.97 Å². The Morgan fingerprint density at radius 3 is 1.53 bits per heavy atom. The smallest absolute Gasteiger partial charge is 0.0702 e. The lowest BCUT2D eigenvalue weighted by Gasteiger charge is -2.19. The molecule has 9 aromatic rings. The number of rotatable bonds is 7. The van der Waals surface area contributed by atoms with Crippen molar-refractivity contribution >= 4 is 21.5 Å². The highest BCUT2D eigenvalue weighted by molar-refractivity contribution is 6.16. The van der Waals surface area contributed by atoms with Crippen LogP contribution in [-0.2, 0) is 6.42 Å². The van der Waals surface area contributed by atoms with Crippen molar-refractivity contribution in [3.05, 3.63) is 206 Å². The van der Waals surface area contributed by atoms with Gasteiger partial charge in [0.1, 0.15) is 0 Å². The summed E-state index contributed by atoms with van der Waals surface area (Å²) in [5.74, 6) is 0. The molecule has 2 aromatic heterocycles. The number of benzene rings is 7. The summed E-state index contributed by atoms with van der Waals surface area (Å²) < 4.78 is 0. The number of hydrogen-bond donors (Lipinski definition) is 0. The van der Waals surface area contributed by atoms with Crippen LogP contribution in [0.5, 0.6) is 0 Å². The van der Waals surface area contributed by atoms with Gasteiger partial charge >= 0.3 is 0 Å². The maximum absolute atomic E-state index is 4.78. The number of nitrogens with zero attached hydrogens (tertiary/aromatic N) is 2. The summed E-state index contributed by atoms with van der Waals surface area (Å²) in [6.45, 7) is 0. The van der Waals surface area contributed by atoms with Crippen LogP contribution in [0.4, 0.5) is 0 Å². The van der Waals surface area contributed by atoms with Crippen LogP contribution >= 0.6 is 0 Å². The van der Waals surface area contributed by atoms with Gasteiger partial charge in [-0.25, -0.2) is 0 Å². The van der Waals surface area contributed by atoms with Crippen molar-refractivity contribution in [2.45, 2.75) is 6.42 Å². The highest BCUT2D eigenvalue weighted by atomic mass is 14.7. The van der Waals surface area contributed by atoms with E-state index in [1.165, 1.54) is 71.6 Å². The molecule has 240 valence electrons. The van der Waals surface area contributed by atoms with Crippen molar-refractivity contribution in [2.75, 3.05) is 0 Å². The maximum Gasteiger partial charge on any atom is 0.0702 e. The first-order chi connectivity index (χ1) is 25.3. The highest BCUT2D eigenvalue weighted by Crippen LogP contribution is 2.43. The van der Waals surface area contributed by atoms with E-state index in [1.807, 2.05) is 30.6 Å². The molecule has 0 fully saturated rings. The molecule has 0 saturated carbocycles. The van der Waals surface area contributed by atoms with Crippen LogP contribution < -0.4 is 0 Å². The Labute approximate surface area is 298 Å². The molecule has 7 aromatic carbocycles. The largest absolute Gasteiger partial charge is 0.261 e. The predicted octanol–water partition coefficient (Wildman–Crippen LogP) is 12.7. The SMILES string of the molecule is c1ccc(-c2cc(-c3ccccc3)cc(-c3ccc4c(-c5cccc(-c6ccccn6)c5)c5ccccc5c(Cc5ccccn5)c4c3)c2)cc1. The van der Waals surface area contributed by atoms with Gasteiger partial charge in [0.05, 0.1) is 5.69 Å². The standard InChI is InChI=1S/C49H34N2/c1-3-14-34(15-4-1)39-29-40(35-16-5-2-6-17-35)31-41(30-39)36-24-25-45-46(32-36)47(33-42-20-9-11-26-50-42)43-21-7-8-22-44(43)49(45)38-19-13-18-37(28-38)48-23-10-12-27-51-48/h1-32H,33H2. The fourth-order valence-electron chi connectivity index (χ4n) is 7.39. The zero-order valence-corrected chi connectivity index (χ0v) is 28.1. The third-order valence-corrected chi connectivity index (χ3v) is 9.81. The van der Waals surface area contributed by atoms with Gasteiger partial charge < -0.3 is 0 Å². The number of pyridine rings is 2. The van der Waals surface area contributed by atoms with Crippen molar-refractivity contribution in [2.24, 2.45) is 0 Å². The number of aromatic nitrogens is 2. The van der Waals surface area contributed by atoms with Crippen LogP contribution in [0.15, 0.2) is 194 Å². The third-order valence-electron chi connectivity index (χ3n) is 9.81. The molecule has 0 aliphatic carbocycles. The molecular formula is C49H34N2. The van der Waals surface area contributed by atoms with E-state index in [2.05, 4.69) is 169 Å². The third kappa shape index (κ3) is 5.98. The van der Waals surface area contributed by atoms with E-state index in [9.17, 15) is 0 Å². The summed E-state index contributed by atoms with van der Waals surface area (Å²) in [5, 5.41) is 4.94. The zero-order valence-electron chi connectivity index (χ0n) is 28.1. The highest BCUT2D eigenvalue weighted by Gasteiger charge is 2.18. The van der Waals surface area contributed by atoms with Crippen molar-refractivity contribution in [1.29, 1.82) is 0 Å². The van der Waals surface area contributed by atoms with E-state index in [-0.39, 0.29) is 0 Å². The summed E-state index contributed by atoms with van der Waals surface area (Å²) in [4.78, 5) is 9.44. The lowest BCUT2D eigenvalue weighted by atomic mass is 9.85. The first-order valence-corrected chi connectivity index (χ1v) is 17.4. The first-order valence-electron chi connectivity index (χ1n) is 17.4. The molecule has 2 heterocycles. The molecule has 0 N–H and O–H groups in total. The van der Waals surface area contributed by atoms with Crippen LogP contribution in [0.2, 0.25) is 0 Å². The molecule has 0 radical (unpaired) electrons. The van der Waals surface area contributed by atoms with Gasteiger partial charge in [-0.05, 0) is 126 Å². The van der Waals surface area contributed by atoms with Crippen LogP contribution in [0.25, 0.3) is 77.3 Å². The second kappa shape index (κ2) is 13.3. The normalized spacial score (nSPS) is 11.2. The van der Waals surface area contributed by atoms with Gasteiger partial charge in [0, 0.05) is 30.1 Å². The van der Waals surface area contributed by atoms with Gasteiger partial charge in [-0.3, -0.25) is 9.97 Å². The molecule has 9 rings (SSSR count). The van der Waals surface area contributed by atoms with Crippen LogP contribution in [0.1, 0.15) is 11.3 Å². The van der Waals surface area contributed by atoms with E-state index < -0.39 is 0 Å². The predicted molar refractivity (Wildman–Crippen MR) is 213 cm³/mol. The quantitative estimate of drug-likeness (QED) is 0.160. The topological polar surface area (TPSA) is 25.8 Å². The monoisotopic (exact) mass is 650 g/mol. The molecular weight excluding hydrogens is 617 g/mol. The number of fused-ring (bicyclic) bond motifs is 2. The first kappa shape index (κ1) is 30.4. The minimum atomic E-state index is 0.731. The van der Waals surface area contributed by atoms with E-state index in [0.717, 1.165) is 23.4 Å². The van der Waals surface area contributed by atoms with Crippen molar-refractivity contribution in [3.8, 4) is 55.8 Å². The zero-order chi connectivity index (χ0) is 34.0. The summed E-state index contributed by atoms with van der Waals surface area (Å²) in [6, 6.07) is 65.3. The van der Waals surface area contributed by atoms with Crippen molar-refractivity contribution < 1.29 is 0 Å². The Morgan fingerprint density at radius 2 is 0.863 bits per heavy atom. The average Bonchev–Trinajstić information content (AvgIpc) is 3.22. The summed E-state index contributed by atoms with van der Waals surface area (Å²) in [7, 11) is 0. The Morgan fingerprint density at radius 1 is 0.314 bits per heavy atom. The van der Waals surface area contributed by atoms with Gasteiger partial charge in [-0.1, -0.05) is 127 Å². The molecule has 0 bridgehead atoms. The van der Waals surface area contributed by atoms with Crippen molar-refractivity contribution in [1.82, 2.24) is 9.97 Å².